The third-order valence-electron chi connectivity index (χ3n) is 0.893. The lowest BCUT2D eigenvalue weighted by Gasteiger charge is -2.09. The van der Waals surface area contributed by atoms with Gasteiger partial charge in [-0.15, -0.1) is 0 Å². The fourth-order valence-electron chi connectivity index (χ4n) is 0.445. The van der Waals surface area contributed by atoms with E-state index in [1.54, 1.807) is 0 Å². The lowest BCUT2D eigenvalue weighted by molar-refractivity contribution is -0.113. The van der Waals surface area contributed by atoms with Gasteiger partial charge in [0.2, 0.25) is 0 Å². The van der Waals surface area contributed by atoms with Gasteiger partial charge in [0.25, 0.3) is 5.91 Å². The van der Waals surface area contributed by atoms with Gasteiger partial charge in [0.15, 0.2) is 0 Å². The van der Waals surface area contributed by atoms with Gasteiger partial charge in [-0.2, -0.15) is 0 Å². The molecule has 0 aromatic heterocycles. The Morgan fingerprint density at radius 1 is 1.75 bits per heavy atom. The summed E-state index contributed by atoms with van der Waals surface area (Å²) in [5.41, 5.74) is 0.198. The molecule has 4 heteroatoms. The van der Waals surface area contributed by atoms with Crippen molar-refractivity contribution >= 4 is 23.6 Å². The third kappa shape index (κ3) is 1.01. The molecule has 0 atom stereocenters. The Labute approximate surface area is 51.5 Å². The molecule has 3 nitrogen and oxygen atoms in total. The van der Waals surface area contributed by atoms with Gasteiger partial charge in [0.05, 0.1) is 5.71 Å². The molecule has 0 radical (unpaired) electrons. The van der Waals surface area contributed by atoms with E-state index in [0.717, 1.165) is 5.75 Å². The summed E-state index contributed by atoms with van der Waals surface area (Å²) in [7, 11) is 0. The van der Waals surface area contributed by atoms with Crippen molar-refractivity contribution in [3.8, 4) is 0 Å². The second kappa shape index (κ2) is 2.17. The molecular weight excluding hydrogens is 124 g/mol. The summed E-state index contributed by atoms with van der Waals surface area (Å²) in [6.45, 7) is 0. The first kappa shape index (κ1) is 5.62. The Morgan fingerprint density at radius 2 is 2.50 bits per heavy atom. The van der Waals surface area contributed by atoms with Crippen LogP contribution in [0.25, 0.3) is 0 Å². The molecule has 0 bridgehead atoms. The fourth-order valence-corrected chi connectivity index (χ4v) is 1.11. The lowest BCUT2D eigenvalue weighted by Crippen LogP contribution is -2.30. The van der Waals surface area contributed by atoms with Crippen LogP contribution in [0.1, 0.15) is 6.42 Å². The number of carbonyl (C=O) groups is 1. The smallest absolute Gasteiger partial charge is 0.274 e. The molecule has 2 N–H and O–H groups in total. The van der Waals surface area contributed by atoms with Crippen LogP contribution in [0.5, 0.6) is 0 Å². The highest BCUT2D eigenvalue weighted by Gasteiger charge is 2.13. The first-order valence-corrected chi connectivity index (χ1v) is 3.29. The molecule has 0 aromatic rings. The van der Waals surface area contributed by atoms with Crippen LogP contribution in [0.4, 0.5) is 0 Å². The minimum Gasteiger partial charge on any atom is -0.300 e. The Hall–Kier alpha value is -0.510. The minimum atomic E-state index is -0.235. The van der Waals surface area contributed by atoms with E-state index in [0.29, 0.717) is 6.42 Å². The van der Waals surface area contributed by atoms with E-state index in [2.05, 4.69) is 4.72 Å². The molecule has 0 unspecified atom stereocenters. The molecule has 1 fully saturated rings. The maximum Gasteiger partial charge on any atom is 0.274 e. The van der Waals surface area contributed by atoms with Gasteiger partial charge in [0.1, 0.15) is 0 Å². The molecule has 1 amide bonds. The van der Waals surface area contributed by atoms with Crippen molar-refractivity contribution in [2.75, 3.05) is 5.75 Å². The molecule has 0 saturated carbocycles. The quantitative estimate of drug-likeness (QED) is 0.459. The highest BCUT2D eigenvalue weighted by molar-refractivity contribution is 7.98. The number of hydrogen-bond donors (Lipinski definition) is 2. The van der Waals surface area contributed by atoms with E-state index in [9.17, 15) is 4.79 Å². The van der Waals surface area contributed by atoms with Gasteiger partial charge in [-0.25, -0.2) is 0 Å². The predicted molar refractivity (Wildman–Crippen MR) is 32.9 cm³/mol. The maximum atomic E-state index is 10.4. The molecule has 0 aromatic carbocycles. The monoisotopic (exact) mass is 130 g/mol. The zero-order valence-electron chi connectivity index (χ0n) is 4.23. The average molecular weight is 130 g/mol. The summed E-state index contributed by atoms with van der Waals surface area (Å²) < 4.78 is 2.48. The van der Waals surface area contributed by atoms with Crippen molar-refractivity contribution in [1.29, 1.82) is 5.41 Å². The van der Waals surface area contributed by atoms with Crippen molar-refractivity contribution in [3.63, 3.8) is 0 Å². The van der Waals surface area contributed by atoms with E-state index >= 15 is 0 Å². The summed E-state index contributed by atoms with van der Waals surface area (Å²) in [6, 6.07) is 0. The highest BCUT2D eigenvalue weighted by Crippen LogP contribution is 2.03. The normalized spacial score (nSPS) is 20.5. The number of amides is 1. The largest absolute Gasteiger partial charge is 0.300 e. The Morgan fingerprint density at radius 3 is 2.88 bits per heavy atom. The molecule has 1 aliphatic rings. The molecule has 0 spiro atoms. The summed E-state index contributed by atoms with van der Waals surface area (Å²) in [5, 5.41) is 6.97. The molecule has 8 heavy (non-hydrogen) atoms. The van der Waals surface area contributed by atoms with E-state index < -0.39 is 0 Å². The molecule has 1 aliphatic heterocycles. The summed E-state index contributed by atoms with van der Waals surface area (Å²) in [5.74, 6) is 0.603. The molecule has 1 heterocycles. The van der Waals surface area contributed by atoms with Crippen LogP contribution >= 0.6 is 11.9 Å². The second-order valence-electron chi connectivity index (χ2n) is 1.51. The van der Waals surface area contributed by atoms with Crippen LogP contribution in [-0.2, 0) is 4.79 Å². The third-order valence-corrected chi connectivity index (χ3v) is 1.63. The van der Waals surface area contributed by atoms with Crippen LogP contribution < -0.4 is 4.72 Å². The number of nitrogens with one attached hydrogen (secondary N) is 2. The predicted octanol–water partition coefficient (Wildman–Crippen LogP) is 0.174. The van der Waals surface area contributed by atoms with Gasteiger partial charge in [0, 0.05) is 12.2 Å². The van der Waals surface area contributed by atoms with Crippen LogP contribution in [0.15, 0.2) is 0 Å². The highest BCUT2D eigenvalue weighted by atomic mass is 32.2. The topological polar surface area (TPSA) is 53.0 Å². The van der Waals surface area contributed by atoms with Crippen molar-refractivity contribution in [2.45, 2.75) is 6.42 Å². The zero-order chi connectivity index (χ0) is 5.98. The molecule has 1 saturated heterocycles. The van der Waals surface area contributed by atoms with E-state index in [4.69, 9.17) is 5.41 Å². The van der Waals surface area contributed by atoms with Crippen LogP contribution in [0.2, 0.25) is 0 Å². The molecule has 0 aliphatic carbocycles. The van der Waals surface area contributed by atoms with Crippen LogP contribution in [0, 0.1) is 5.41 Å². The first-order valence-electron chi connectivity index (χ1n) is 2.30. The van der Waals surface area contributed by atoms with Crippen LogP contribution in [-0.4, -0.2) is 17.4 Å². The van der Waals surface area contributed by atoms with E-state index in [-0.39, 0.29) is 11.6 Å². The number of rotatable bonds is 0. The average Bonchev–Trinajstić information content (AvgIpc) is 1.77. The second-order valence-corrected chi connectivity index (χ2v) is 2.41. The number of hydrogen-bond acceptors (Lipinski definition) is 3. The SMILES string of the molecule is N=C1CCSNC1=O. The lowest BCUT2D eigenvalue weighted by atomic mass is 10.3. The van der Waals surface area contributed by atoms with E-state index in [1.165, 1.54) is 11.9 Å². The van der Waals surface area contributed by atoms with Crippen molar-refractivity contribution in [1.82, 2.24) is 4.72 Å². The Balaban J connectivity index is 2.52. The van der Waals surface area contributed by atoms with Gasteiger partial charge < -0.3 is 0 Å². The Bertz CT molecular complexity index is 118. The molecule has 1 rings (SSSR count). The molecular formula is C4H6N2OS. The van der Waals surface area contributed by atoms with Gasteiger partial charge >= 0.3 is 0 Å². The Kier molecular flexibility index (Phi) is 1.53. The van der Waals surface area contributed by atoms with Gasteiger partial charge in [-0.05, 0) is 11.9 Å². The summed E-state index contributed by atoms with van der Waals surface area (Å²) in [4.78, 5) is 10.4. The standard InChI is InChI=1S/C4H6N2OS/c5-3-1-2-8-6-4(3)7/h5H,1-2H2,(H,6,7). The summed E-state index contributed by atoms with van der Waals surface area (Å²) >= 11 is 1.37. The van der Waals surface area contributed by atoms with Crippen LogP contribution in [0.3, 0.4) is 0 Å². The number of carbonyl (C=O) groups excluding carboxylic acids is 1. The van der Waals surface area contributed by atoms with Crippen molar-refractivity contribution in [3.05, 3.63) is 0 Å². The fraction of sp³-hybridized carbons (Fsp3) is 0.500. The van der Waals surface area contributed by atoms with Gasteiger partial charge in [-0.3, -0.25) is 14.9 Å². The van der Waals surface area contributed by atoms with Crippen molar-refractivity contribution in [2.24, 2.45) is 0 Å². The van der Waals surface area contributed by atoms with Gasteiger partial charge in [-0.1, -0.05) is 0 Å². The van der Waals surface area contributed by atoms with E-state index in [1.807, 2.05) is 0 Å². The van der Waals surface area contributed by atoms with Crippen molar-refractivity contribution < 1.29 is 4.79 Å². The maximum absolute atomic E-state index is 10.4. The zero-order valence-corrected chi connectivity index (χ0v) is 5.05. The minimum absolute atomic E-state index is 0.198. The summed E-state index contributed by atoms with van der Waals surface area (Å²) in [6.07, 6.45) is 0.608. The first-order chi connectivity index (χ1) is 3.80. The molecule has 44 valence electrons.